The number of carbonyl (C=O) groups is 1. The van der Waals surface area contributed by atoms with Gasteiger partial charge in [0.25, 0.3) is 0 Å². The van der Waals surface area contributed by atoms with E-state index < -0.39 is 0 Å². The van der Waals surface area contributed by atoms with Crippen LogP contribution in [-0.2, 0) is 17.6 Å². The van der Waals surface area contributed by atoms with E-state index in [1.165, 1.54) is 5.56 Å². The van der Waals surface area contributed by atoms with E-state index >= 15 is 0 Å². The first-order chi connectivity index (χ1) is 8.28. The third-order valence-corrected chi connectivity index (χ3v) is 3.28. The standard InChI is InChI=1S/C14H20N2O/c1-16-8-7-15-14(11-16)10-13-4-2-12(3-5-13)6-9-17/h2-5,9,14-15H,6-8,10-11H2,1H3. The van der Waals surface area contributed by atoms with Crippen molar-refractivity contribution in [2.45, 2.75) is 18.9 Å². The average molecular weight is 232 g/mol. The van der Waals surface area contributed by atoms with Gasteiger partial charge in [-0.15, -0.1) is 0 Å². The van der Waals surface area contributed by atoms with Crippen LogP contribution in [0.5, 0.6) is 0 Å². The van der Waals surface area contributed by atoms with Crippen LogP contribution < -0.4 is 5.32 Å². The molecule has 92 valence electrons. The van der Waals surface area contributed by atoms with Crippen LogP contribution in [0.2, 0.25) is 0 Å². The molecule has 3 heteroatoms. The number of piperazine rings is 1. The van der Waals surface area contributed by atoms with Gasteiger partial charge in [0.1, 0.15) is 6.29 Å². The lowest BCUT2D eigenvalue weighted by Gasteiger charge is -2.31. The molecule has 1 heterocycles. The predicted molar refractivity (Wildman–Crippen MR) is 69.2 cm³/mol. The lowest BCUT2D eigenvalue weighted by atomic mass is 10.0. The van der Waals surface area contributed by atoms with E-state index in [9.17, 15) is 4.79 Å². The van der Waals surface area contributed by atoms with Gasteiger partial charge in [-0.25, -0.2) is 0 Å². The summed E-state index contributed by atoms with van der Waals surface area (Å²) in [6, 6.07) is 8.92. The first-order valence-corrected chi connectivity index (χ1v) is 6.21. The van der Waals surface area contributed by atoms with Crippen LogP contribution in [0.3, 0.4) is 0 Å². The summed E-state index contributed by atoms with van der Waals surface area (Å²) in [7, 11) is 2.17. The Kier molecular flexibility index (Phi) is 4.29. The van der Waals surface area contributed by atoms with E-state index in [0.717, 1.165) is 37.9 Å². The zero-order chi connectivity index (χ0) is 12.1. The van der Waals surface area contributed by atoms with Gasteiger partial charge in [-0.3, -0.25) is 0 Å². The van der Waals surface area contributed by atoms with Gasteiger partial charge in [0.05, 0.1) is 0 Å². The summed E-state index contributed by atoms with van der Waals surface area (Å²) in [4.78, 5) is 12.8. The van der Waals surface area contributed by atoms with E-state index in [1.54, 1.807) is 0 Å². The molecular formula is C14H20N2O. The number of hydrogen-bond donors (Lipinski definition) is 1. The van der Waals surface area contributed by atoms with Gasteiger partial charge in [0.15, 0.2) is 0 Å². The van der Waals surface area contributed by atoms with Crippen LogP contribution in [-0.4, -0.2) is 43.9 Å². The first kappa shape index (κ1) is 12.3. The number of rotatable bonds is 4. The lowest BCUT2D eigenvalue weighted by molar-refractivity contribution is -0.107. The summed E-state index contributed by atoms with van der Waals surface area (Å²) in [6.45, 7) is 3.31. The number of hydrogen-bond acceptors (Lipinski definition) is 3. The Bertz CT molecular complexity index is 361. The van der Waals surface area contributed by atoms with E-state index in [-0.39, 0.29) is 0 Å². The first-order valence-electron chi connectivity index (χ1n) is 6.21. The summed E-state index contributed by atoms with van der Waals surface area (Å²) < 4.78 is 0. The van der Waals surface area contributed by atoms with Crippen molar-refractivity contribution < 1.29 is 4.79 Å². The molecule has 1 unspecified atom stereocenters. The average Bonchev–Trinajstić information content (AvgIpc) is 2.32. The smallest absolute Gasteiger partial charge is 0.124 e. The molecule has 0 radical (unpaired) electrons. The fourth-order valence-electron chi connectivity index (χ4n) is 2.32. The van der Waals surface area contributed by atoms with Gasteiger partial charge in [-0.05, 0) is 24.6 Å². The number of carbonyl (C=O) groups excluding carboxylic acids is 1. The molecule has 0 aromatic heterocycles. The molecule has 0 saturated carbocycles. The molecule has 1 aliphatic rings. The molecule has 0 bridgehead atoms. The summed E-state index contributed by atoms with van der Waals surface area (Å²) in [5.41, 5.74) is 2.44. The number of benzene rings is 1. The molecule has 1 atom stereocenters. The van der Waals surface area contributed by atoms with E-state index in [2.05, 4.69) is 41.5 Å². The van der Waals surface area contributed by atoms with Crippen molar-refractivity contribution in [2.24, 2.45) is 0 Å². The normalized spacial score (nSPS) is 21.4. The minimum absolute atomic E-state index is 0.519. The fourth-order valence-corrected chi connectivity index (χ4v) is 2.32. The third-order valence-electron chi connectivity index (χ3n) is 3.28. The molecule has 1 aromatic rings. The maximum absolute atomic E-state index is 10.4. The number of aldehydes is 1. The molecular weight excluding hydrogens is 212 g/mol. The van der Waals surface area contributed by atoms with Crippen LogP contribution >= 0.6 is 0 Å². The summed E-state index contributed by atoms with van der Waals surface area (Å²) in [5, 5.41) is 3.54. The van der Waals surface area contributed by atoms with Crippen molar-refractivity contribution in [3.63, 3.8) is 0 Å². The topological polar surface area (TPSA) is 32.3 Å². The van der Waals surface area contributed by atoms with Crippen molar-refractivity contribution in [3.05, 3.63) is 35.4 Å². The van der Waals surface area contributed by atoms with Gasteiger partial charge in [-0.2, -0.15) is 0 Å². The van der Waals surface area contributed by atoms with Crippen molar-refractivity contribution >= 4 is 6.29 Å². The predicted octanol–water partition coefficient (Wildman–Crippen LogP) is 0.874. The number of nitrogens with one attached hydrogen (secondary N) is 1. The molecule has 1 N–H and O–H groups in total. The highest BCUT2D eigenvalue weighted by atomic mass is 16.1. The maximum Gasteiger partial charge on any atom is 0.124 e. The Morgan fingerprint density at radius 1 is 1.35 bits per heavy atom. The molecule has 17 heavy (non-hydrogen) atoms. The van der Waals surface area contributed by atoms with Crippen LogP contribution in [0.15, 0.2) is 24.3 Å². The zero-order valence-corrected chi connectivity index (χ0v) is 10.4. The van der Waals surface area contributed by atoms with Crippen molar-refractivity contribution in [1.29, 1.82) is 0 Å². The Morgan fingerprint density at radius 3 is 2.71 bits per heavy atom. The second-order valence-corrected chi connectivity index (χ2v) is 4.80. The Labute approximate surface area is 103 Å². The molecule has 1 aliphatic heterocycles. The monoisotopic (exact) mass is 232 g/mol. The van der Waals surface area contributed by atoms with Crippen LogP contribution in [0.25, 0.3) is 0 Å². The maximum atomic E-state index is 10.4. The SMILES string of the molecule is CN1CCNC(Cc2ccc(CC=O)cc2)C1. The van der Waals surface area contributed by atoms with Crippen molar-refractivity contribution in [1.82, 2.24) is 10.2 Å². The van der Waals surface area contributed by atoms with Crippen LogP contribution in [0.4, 0.5) is 0 Å². The van der Waals surface area contributed by atoms with Gasteiger partial charge in [0.2, 0.25) is 0 Å². The van der Waals surface area contributed by atoms with E-state index in [1.807, 2.05) is 0 Å². The quantitative estimate of drug-likeness (QED) is 0.782. The number of likely N-dealkylation sites (N-methyl/N-ethyl adjacent to an activating group) is 1. The van der Waals surface area contributed by atoms with Crippen molar-refractivity contribution in [2.75, 3.05) is 26.7 Å². The largest absolute Gasteiger partial charge is 0.311 e. The Hall–Kier alpha value is -1.19. The van der Waals surface area contributed by atoms with E-state index in [0.29, 0.717) is 12.5 Å². The molecule has 0 spiro atoms. The van der Waals surface area contributed by atoms with Gasteiger partial charge < -0.3 is 15.0 Å². The molecule has 1 aromatic carbocycles. The second kappa shape index (κ2) is 5.94. The lowest BCUT2D eigenvalue weighted by Crippen LogP contribution is -2.49. The van der Waals surface area contributed by atoms with Gasteiger partial charge in [-0.1, -0.05) is 24.3 Å². The summed E-state index contributed by atoms with van der Waals surface area (Å²) in [5.74, 6) is 0. The minimum atomic E-state index is 0.519. The molecule has 3 nitrogen and oxygen atoms in total. The molecule has 1 fully saturated rings. The van der Waals surface area contributed by atoms with Gasteiger partial charge in [0, 0.05) is 32.1 Å². The summed E-state index contributed by atoms with van der Waals surface area (Å²) >= 11 is 0. The van der Waals surface area contributed by atoms with Crippen LogP contribution in [0.1, 0.15) is 11.1 Å². The summed E-state index contributed by atoms with van der Waals surface area (Å²) in [6.07, 6.45) is 2.53. The molecule has 0 amide bonds. The molecule has 1 saturated heterocycles. The molecule has 0 aliphatic carbocycles. The highest BCUT2D eigenvalue weighted by molar-refractivity contribution is 5.54. The highest BCUT2D eigenvalue weighted by Gasteiger charge is 2.16. The second-order valence-electron chi connectivity index (χ2n) is 4.80. The van der Waals surface area contributed by atoms with E-state index in [4.69, 9.17) is 0 Å². The Morgan fingerprint density at radius 2 is 2.06 bits per heavy atom. The fraction of sp³-hybridized carbons (Fsp3) is 0.500. The Balaban J connectivity index is 1.91. The molecule has 2 rings (SSSR count). The third kappa shape index (κ3) is 3.65. The zero-order valence-electron chi connectivity index (χ0n) is 10.4. The minimum Gasteiger partial charge on any atom is -0.311 e. The van der Waals surface area contributed by atoms with Crippen molar-refractivity contribution in [3.8, 4) is 0 Å². The van der Waals surface area contributed by atoms with Crippen LogP contribution in [0, 0.1) is 0 Å². The highest BCUT2D eigenvalue weighted by Crippen LogP contribution is 2.09. The van der Waals surface area contributed by atoms with Gasteiger partial charge >= 0.3 is 0 Å². The number of nitrogens with zero attached hydrogens (tertiary/aromatic N) is 1.